The smallest absolute Gasteiger partial charge is 0.303 e. The number of rotatable bonds is 5. The third-order valence-corrected chi connectivity index (χ3v) is 10.7. The highest BCUT2D eigenvalue weighted by atomic mass is 19.1. The number of halogens is 1. The van der Waals surface area contributed by atoms with Gasteiger partial charge in [0.05, 0.1) is 6.10 Å². The second kappa shape index (κ2) is 8.91. The summed E-state index contributed by atoms with van der Waals surface area (Å²) in [4.78, 5) is 44.4. The fraction of sp³-hybridized carbons (Fsp3) is 0.581. The highest BCUT2D eigenvalue weighted by Gasteiger charge is 2.78. The Bertz CT molecular complexity index is 1280. The van der Waals surface area contributed by atoms with Crippen LogP contribution in [0.3, 0.4) is 0 Å². The highest BCUT2D eigenvalue weighted by Crippen LogP contribution is 2.72. The molecule has 39 heavy (non-hydrogen) atoms. The molecule has 1 heterocycles. The Labute approximate surface area is 228 Å². The second-order valence-electron chi connectivity index (χ2n) is 12.5. The molecule has 208 valence electrons. The van der Waals surface area contributed by atoms with Crippen LogP contribution in [0.2, 0.25) is 0 Å². The molecule has 1 saturated heterocycles. The molecule has 5 unspecified atom stereocenters. The molecule has 8 atom stereocenters. The number of esters is 1. The molecule has 3 saturated carbocycles. The van der Waals surface area contributed by atoms with Gasteiger partial charge in [0, 0.05) is 42.7 Å². The highest BCUT2D eigenvalue weighted by molar-refractivity contribution is 6.01. The van der Waals surface area contributed by atoms with E-state index in [2.05, 4.69) is 0 Å². The van der Waals surface area contributed by atoms with Gasteiger partial charge >= 0.3 is 5.97 Å². The molecular weight excluding hydrogens is 501 g/mol. The quantitative estimate of drug-likeness (QED) is 0.570. The molecule has 5 aliphatic rings. The van der Waals surface area contributed by atoms with Crippen LogP contribution >= 0.6 is 0 Å². The number of allylic oxidation sites excluding steroid dienone is 4. The number of carbonyl (C=O) groups excluding carboxylic acids is 3. The van der Waals surface area contributed by atoms with Crippen LogP contribution in [0.15, 0.2) is 54.1 Å². The zero-order valence-electron chi connectivity index (χ0n) is 22.7. The first-order valence-electron chi connectivity index (χ1n) is 13.9. The summed E-state index contributed by atoms with van der Waals surface area (Å²) < 4.78 is 22.7. The average Bonchev–Trinajstić information content (AvgIpc) is 3.37. The summed E-state index contributed by atoms with van der Waals surface area (Å²) in [6.45, 7) is 5.53. The van der Waals surface area contributed by atoms with Crippen LogP contribution in [0.1, 0.15) is 52.0 Å². The predicted octanol–water partition coefficient (Wildman–Crippen LogP) is 3.90. The summed E-state index contributed by atoms with van der Waals surface area (Å²) in [5, 5.41) is 13.5. The number of carbonyl (C=O) groups is 3. The van der Waals surface area contributed by atoms with Crippen LogP contribution in [-0.2, 0) is 30.5 Å². The number of nitrogens with zero attached hydrogens (tertiary/aromatic N) is 1. The Morgan fingerprint density at radius 3 is 2.67 bits per heavy atom. The van der Waals surface area contributed by atoms with Gasteiger partial charge in [0.1, 0.15) is 0 Å². The largest absolute Gasteiger partial charge is 0.458 e. The van der Waals surface area contributed by atoms with E-state index >= 15 is 4.39 Å². The fourth-order valence-electron chi connectivity index (χ4n) is 8.98. The molecule has 8 heteroatoms. The van der Waals surface area contributed by atoms with E-state index in [-0.39, 0.29) is 29.8 Å². The number of hydrogen-bond acceptors (Lipinski definition) is 7. The van der Waals surface area contributed by atoms with Crippen molar-refractivity contribution in [1.82, 2.24) is 5.06 Å². The molecule has 7 nitrogen and oxygen atoms in total. The van der Waals surface area contributed by atoms with E-state index in [4.69, 9.17) is 9.57 Å². The summed E-state index contributed by atoms with van der Waals surface area (Å²) in [6, 6.07) is 9.82. The standard InChI is InChI=1S/C31H36FNO6/c1-19(34)38-18-27(37)31-22(17-33(39-31)16-20-7-5-4-6-8-20)14-25-24-10-9-21-13-23(35)11-12-28(21,2)30(24,32)26(36)15-29(25,31)3/h4-8,11-13,22,24-26,36H,9-10,14-18H2,1-3H3/t22-,24?,25?,26?,28?,29?,30-,31-/m0/s1. The Morgan fingerprint density at radius 1 is 1.21 bits per heavy atom. The first kappa shape index (κ1) is 26.5. The Morgan fingerprint density at radius 2 is 1.95 bits per heavy atom. The summed E-state index contributed by atoms with van der Waals surface area (Å²) in [5.41, 5.74) is -3.56. The molecule has 4 fully saturated rings. The number of aliphatic hydroxyl groups is 1. The number of alkyl halides is 1. The predicted molar refractivity (Wildman–Crippen MR) is 140 cm³/mol. The van der Waals surface area contributed by atoms with Gasteiger partial charge in [-0.3, -0.25) is 19.2 Å². The maximum absolute atomic E-state index is 17.5. The lowest BCUT2D eigenvalue weighted by molar-refractivity contribution is -0.268. The summed E-state index contributed by atoms with van der Waals surface area (Å²) in [5.74, 6) is -2.06. The Kier molecular flexibility index (Phi) is 6.06. The molecule has 0 amide bonds. The molecule has 0 radical (unpaired) electrons. The fourth-order valence-corrected chi connectivity index (χ4v) is 8.98. The van der Waals surface area contributed by atoms with Crippen LogP contribution < -0.4 is 0 Å². The Balaban J connectivity index is 1.39. The molecule has 1 N–H and O–H groups in total. The molecule has 0 bridgehead atoms. The molecule has 1 aromatic rings. The second-order valence-corrected chi connectivity index (χ2v) is 12.5. The van der Waals surface area contributed by atoms with Gasteiger partial charge in [-0.05, 0) is 56.2 Å². The van der Waals surface area contributed by atoms with Crippen molar-refractivity contribution < 1.29 is 33.5 Å². The number of benzene rings is 1. The molecule has 0 spiro atoms. The number of Topliss-reactive ketones (excluding diaryl/α,β-unsaturated/α-hetero) is 1. The van der Waals surface area contributed by atoms with Crippen LogP contribution in [0.5, 0.6) is 0 Å². The van der Waals surface area contributed by atoms with Crippen molar-refractivity contribution in [2.45, 2.75) is 70.4 Å². The average molecular weight is 538 g/mol. The number of hydrogen-bond donors (Lipinski definition) is 1. The molecule has 1 aliphatic heterocycles. The van der Waals surface area contributed by atoms with Crippen LogP contribution in [0, 0.1) is 28.6 Å². The monoisotopic (exact) mass is 537 g/mol. The molecule has 0 aromatic heterocycles. The lowest BCUT2D eigenvalue weighted by Crippen LogP contribution is -2.69. The number of aliphatic hydroxyl groups excluding tert-OH is 1. The van der Waals surface area contributed by atoms with Crippen molar-refractivity contribution in [3.63, 3.8) is 0 Å². The van der Waals surface area contributed by atoms with Gasteiger partial charge in [-0.2, -0.15) is 5.06 Å². The number of ketones is 2. The van der Waals surface area contributed by atoms with Gasteiger partial charge in [-0.25, -0.2) is 4.39 Å². The van der Waals surface area contributed by atoms with Crippen LogP contribution in [0.4, 0.5) is 4.39 Å². The zero-order chi connectivity index (χ0) is 27.8. The SMILES string of the molecule is CC(=O)OCC(=O)[C@@]12ON(Cc3ccccc3)C[C@@H]1CC1C3CCC4=CC(=O)C=CC4(C)[C@@]3(F)C(O)CC12C. The maximum Gasteiger partial charge on any atom is 0.303 e. The van der Waals surface area contributed by atoms with Crippen molar-refractivity contribution in [1.29, 1.82) is 0 Å². The minimum Gasteiger partial charge on any atom is -0.458 e. The first-order chi connectivity index (χ1) is 18.5. The number of hydroxylamine groups is 2. The molecule has 6 rings (SSSR count). The lowest BCUT2D eigenvalue weighted by atomic mass is 9.44. The van der Waals surface area contributed by atoms with E-state index in [0.717, 1.165) is 11.1 Å². The van der Waals surface area contributed by atoms with E-state index in [0.29, 0.717) is 32.4 Å². The maximum atomic E-state index is 17.5. The molecular formula is C31H36FNO6. The topological polar surface area (TPSA) is 93.1 Å². The van der Waals surface area contributed by atoms with Gasteiger partial charge in [0.15, 0.2) is 23.7 Å². The van der Waals surface area contributed by atoms with Gasteiger partial charge in [-0.15, -0.1) is 0 Å². The number of fused-ring (bicyclic) bond motifs is 7. The third kappa shape index (κ3) is 3.54. The van der Waals surface area contributed by atoms with Crippen molar-refractivity contribution in [2.24, 2.45) is 28.6 Å². The molecule has 1 aromatic carbocycles. The van der Waals surface area contributed by atoms with Crippen molar-refractivity contribution in [2.75, 3.05) is 13.2 Å². The van der Waals surface area contributed by atoms with E-state index in [1.807, 2.05) is 37.3 Å². The van der Waals surface area contributed by atoms with Gasteiger partial charge in [0.25, 0.3) is 0 Å². The summed E-state index contributed by atoms with van der Waals surface area (Å²) in [7, 11) is 0. The van der Waals surface area contributed by atoms with Crippen molar-refractivity contribution in [3.8, 4) is 0 Å². The van der Waals surface area contributed by atoms with Gasteiger partial charge in [-0.1, -0.05) is 48.9 Å². The van der Waals surface area contributed by atoms with Crippen molar-refractivity contribution in [3.05, 3.63) is 59.7 Å². The van der Waals surface area contributed by atoms with E-state index < -0.39 is 46.7 Å². The van der Waals surface area contributed by atoms with Gasteiger partial charge < -0.3 is 9.84 Å². The minimum atomic E-state index is -1.99. The minimum absolute atomic E-state index is 0.0246. The number of ether oxygens (including phenoxy) is 1. The summed E-state index contributed by atoms with van der Waals surface area (Å²) >= 11 is 0. The van der Waals surface area contributed by atoms with E-state index in [9.17, 15) is 19.5 Å². The summed E-state index contributed by atoms with van der Waals surface area (Å²) in [6.07, 6.45) is 4.82. The van der Waals surface area contributed by atoms with E-state index in [1.165, 1.54) is 19.1 Å². The van der Waals surface area contributed by atoms with Gasteiger partial charge in [0.2, 0.25) is 5.78 Å². The molecule has 4 aliphatic carbocycles. The Hall–Kier alpha value is -2.68. The van der Waals surface area contributed by atoms with E-state index in [1.54, 1.807) is 18.1 Å². The lowest BCUT2D eigenvalue weighted by Gasteiger charge is -2.62. The first-order valence-corrected chi connectivity index (χ1v) is 13.9. The van der Waals surface area contributed by atoms with Crippen molar-refractivity contribution >= 4 is 17.5 Å². The normalized spacial score (nSPS) is 42.7. The van der Waals surface area contributed by atoms with Crippen LogP contribution in [-0.4, -0.2) is 58.2 Å². The third-order valence-electron chi connectivity index (χ3n) is 10.7. The van der Waals surface area contributed by atoms with Crippen LogP contribution in [0.25, 0.3) is 0 Å². The zero-order valence-corrected chi connectivity index (χ0v) is 22.7.